The Balaban J connectivity index is 1.48. The molecule has 0 fully saturated rings. The van der Waals surface area contributed by atoms with Gasteiger partial charge >= 0.3 is 0 Å². The summed E-state index contributed by atoms with van der Waals surface area (Å²) in [5, 5.41) is 14.1. The zero-order chi connectivity index (χ0) is 20.2. The van der Waals surface area contributed by atoms with Crippen molar-refractivity contribution in [2.45, 2.75) is 0 Å². The molecule has 0 unspecified atom stereocenters. The molecule has 0 radical (unpaired) electrons. The van der Waals surface area contributed by atoms with Crippen molar-refractivity contribution in [2.75, 3.05) is 5.32 Å². The molecule has 0 aliphatic rings. The van der Waals surface area contributed by atoms with Crippen LogP contribution in [0, 0.1) is 5.82 Å². The molecule has 0 bridgehead atoms. The molecule has 2 aromatic carbocycles. The number of nitrogens with zero attached hydrogens (tertiary/aromatic N) is 3. The molecule has 2 aromatic heterocycles. The van der Waals surface area contributed by atoms with Crippen molar-refractivity contribution >= 4 is 57.0 Å². The fourth-order valence-electron chi connectivity index (χ4n) is 2.39. The second kappa shape index (κ2) is 8.60. The van der Waals surface area contributed by atoms with Crippen LogP contribution in [-0.4, -0.2) is 21.1 Å². The number of hydrogen-bond acceptors (Lipinski definition) is 6. The number of benzene rings is 2. The lowest BCUT2D eigenvalue weighted by Gasteiger charge is -2.01. The van der Waals surface area contributed by atoms with Gasteiger partial charge in [-0.3, -0.25) is 4.79 Å². The molecule has 29 heavy (non-hydrogen) atoms. The predicted molar refractivity (Wildman–Crippen MR) is 116 cm³/mol. The minimum Gasteiger partial charge on any atom is -0.320 e. The highest BCUT2D eigenvalue weighted by atomic mass is 35.5. The Labute approximate surface area is 178 Å². The summed E-state index contributed by atoms with van der Waals surface area (Å²) in [6, 6.07) is 15.3. The average molecular weight is 443 g/mol. The van der Waals surface area contributed by atoms with Crippen molar-refractivity contribution in [3.63, 3.8) is 0 Å². The van der Waals surface area contributed by atoms with Crippen LogP contribution in [0.3, 0.4) is 0 Å². The highest BCUT2D eigenvalue weighted by molar-refractivity contribution is 7.15. The number of thiazole rings is 1. The molecule has 5 nitrogen and oxygen atoms in total. The Morgan fingerprint density at radius 2 is 1.76 bits per heavy atom. The number of carbonyl (C=O) groups is 1. The maximum atomic E-state index is 13.0. The summed E-state index contributed by atoms with van der Waals surface area (Å²) in [5.74, 6) is -0.818. The number of carbonyl (C=O) groups excluding carboxylic acids is 1. The lowest BCUT2D eigenvalue weighted by molar-refractivity contribution is 0.102. The van der Waals surface area contributed by atoms with Gasteiger partial charge in [0.2, 0.25) is 5.01 Å². The van der Waals surface area contributed by atoms with Gasteiger partial charge in [-0.05, 0) is 30.3 Å². The number of anilines is 1. The van der Waals surface area contributed by atoms with E-state index in [0.717, 1.165) is 27.6 Å². The Morgan fingerprint density at radius 3 is 2.52 bits per heavy atom. The number of amides is 1. The summed E-state index contributed by atoms with van der Waals surface area (Å²) in [6.07, 6.45) is 1.70. The minimum atomic E-state index is -0.439. The normalized spacial score (nSPS) is 11.4. The van der Waals surface area contributed by atoms with E-state index in [0.29, 0.717) is 15.7 Å². The van der Waals surface area contributed by atoms with Crippen molar-refractivity contribution < 1.29 is 9.18 Å². The first-order valence-corrected chi connectivity index (χ1v) is 10.4. The van der Waals surface area contributed by atoms with Crippen molar-refractivity contribution in [2.24, 2.45) is 0 Å². The van der Waals surface area contributed by atoms with Gasteiger partial charge in [-0.2, -0.15) is 0 Å². The third-order valence-corrected chi connectivity index (χ3v) is 5.91. The fraction of sp³-hybridized carbons (Fsp3) is 0. The minimum absolute atomic E-state index is 0.153. The largest absolute Gasteiger partial charge is 0.320 e. The maximum Gasteiger partial charge on any atom is 0.286 e. The van der Waals surface area contributed by atoms with E-state index in [9.17, 15) is 9.18 Å². The number of halogens is 2. The van der Waals surface area contributed by atoms with Gasteiger partial charge in [-0.1, -0.05) is 53.3 Å². The predicted octanol–water partition coefficient (Wildman–Crippen LogP) is 5.79. The van der Waals surface area contributed by atoms with Gasteiger partial charge in [-0.15, -0.1) is 21.5 Å². The van der Waals surface area contributed by atoms with Crippen LogP contribution in [0.1, 0.15) is 19.8 Å². The molecule has 9 heteroatoms. The summed E-state index contributed by atoms with van der Waals surface area (Å²) < 4.78 is 13.0. The summed E-state index contributed by atoms with van der Waals surface area (Å²) in [6.45, 7) is 0. The Morgan fingerprint density at radius 1 is 1.03 bits per heavy atom. The molecule has 0 spiro atoms. The van der Waals surface area contributed by atoms with Gasteiger partial charge in [0, 0.05) is 16.6 Å². The SMILES string of the molecule is O=C(Nc1ccc(F)cc1)c1nnc(C(Cl)=Cc2nc(-c3ccccc3)cs2)s1. The van der Waals surface area contributed by atoms with Gasteiger partial charge in [0.15, 0.2) is 5.01 Å². The van der Waals surface area contributed by atoms with E-state index >= 15 is 0 Å². The molecule has 4 rings (SSSR count). The quantitative estimate of drug-likeness (QED) is 0.424. The molecule has 0 atom stereocenters. The third kappa shape index (κ3) is 4.73. The average Bonchev–Trinajstić information content (AvgIpc) is 3.40. The Bertz CT molecular complexity index is 1170. The monoisotopic (exact) mass is 442 g/mol. The fourth-order valence-corrected chi connectivity index (χ4v) is 4.12. The lowest BCUT2D eigenvalue weighted by Crippen LogP contribution is -2.11. The van der Waals surface area contributed by atoms with Gasteiger partial charge in [0.05, 0.1) is 10.7 Å². The van der Waals surface area contributed by atoms with Crippen LogP contribution in [0.5, 0.6) is 0 Å². The second-order valence-corrected chi connectivity index (χ2v) is 8.08. The first-order valence-electron chi connectivity index (χ1n) is 8.37. The van der Waals surface area contributed by atoms with Crippen LogP contribution in [0.2, 0.25) is 0 Å². The van der Waals surface area contributed by atoms with E-state index in [4.69, 9.17) is 11.6 Å². The smallest absolute Gasteiger partial charge is 0.286 e. The first kappa shape index (κ1) is 19.4. The van der Waals surface area contributed by atoms with Crippen molar-refractivity contribution in [3.05, 3.63) is 80.8 Å². The van der Waals surface area contributed by atoms with E-state index in [1.807, 2.05) is 35.7 Å². The zero-order valence-electron chi connectivity index (χ0n) is 14.7. The van der Waals surface area contributed by atoms with E-state index in [-0.39, 0.29) is 10.8 Å². The maximum absolute atomic E-state index is 13.0. The third-order valence-electron chi connectivity index (χ3n) is 3.77. The zero-order valence-corrected chi connectivity index (χ0v) is 17.1. The van der Waals surface area contributed by atoms with Crippen molar-refractivity contribution in [3.8, 4) is 11.3 Å². The molecule has 0 aliphatic heterocycles. The van der Waals surface area contributed by atoms with Crippen LogP contribution < -0.4 is 5.32 Å². The topological polar surface area (TPSA) is 67.8 Å². The van der Waals surface area contributed by atoms with E-state index in [2.05, 4.69) is 20.5 Å². The van der Waals surface area contributed by atoms with Crippen molar-refractivity contribution in [1.29, 1.82) is 0 Å². The molecule has 144 valence electrons. The highest BCUT2D eigenvalue weighted by Crippen LogP contribution is 2.28. The molecule has 0 saturated carbocycles. The number of nitrogens with one attached hydrogen (secondary N) is 1. The second-order valence-electron chi connectivity index (χ2n) is 5.80. The molecule has 1 N–H and O–H groups in total. The number of rotatable bonds is 5. The molecule has 0 saturated heterocycles. The summed E-state index contributed by atoms with van der Waals surface area (Å²) in [5.41, 5.74) is 2.35. The molecular formula is C20H12ClFN4OS2. The number of hydrogen-bond donors (Lipinski definition) is 1. The van der Waals surface area contributed by atoms with Crippen LogP contribution >= 0.6 is 34.3 Å². The lowest BCUT2D eigenvalue weighted by atomic mass is 10.2. The van der Waals surface area contributed by atoms with Crippen molar-refractivity contribution in [1.82, 2.24) is 15.2 Å². The standard InChI is InChI=1S/C20H12ClFN4OS2/c21-15(10-17-24-16(11-28-17)12-4-2-1-3-5-12)19-25-26-20(29-19)18(27)23-14-8-6-13(22)7-9-14/h1-11H,(H,23,27). The van der Waals surface area contributed by atoms with E-state index < -0.39 is 5.91 Å². The highest BCUT2D eigenvalue weighted by Gasteiger charge is 2.15. The van der Waals surface area contributed by atoms with E-state index in [1.165, 1.54) is 35.6 Å². The van der Waals surface area contributed by atoms with Gasteiger partial charge in [0.1, 0.15) is 10.8 Å². The van der Waals surface area contributed by atoms with Crippen LogP contribution in [0.25, 0.3) is 22.4 Å². The van der Waals surface area contributed by atoms with E-state index in [1.54, 1.807) is 6.08 Å². The molecule has 2 heterocycles. The Hall–Kier alpha value is -2.94. The Kier molecular flexibility index (Phi) is 5.75. The summed E-state index contributed by atoms with van der Waals surface area (Å²) in [7, 11) is 0. The number of aromatic nitrogens is 3. The van der Waals surface area contributed by atoms with Crippen LogP contribution in [0.15, 0.2) is 60.0 Å². The first-order chi connectivity index (χ1) is 14.1. The molecule has 0 aliphatic carbocycles. The molecule has 1 amide bonds. The van der Waals surface area contributed by atoms with Gasteiger partial charge in [0.25, 0.3) is 5.91 Å². The molecule has 4 aromatic rings. The van der Waals surface area contributed by atoms with Gasteiger partial charge < -0.3 is 5.32 Å². The van der Waals surface area contributed by atoms with Crippen LogP contribution in [-0.2, 0) is 0 Å². The molecular weight excluding hydrogens is 431 g/mol. The summed E-state index contributed by atoms with van der Waals surface area (Å²) in [4.78, 5) is 16.8. The van der Waals surface area contributed by atoms with Gasteiger partial charge in [-0.25, -0.2) is 9.37 Å². The summed E-state index contributed by atoms with van der Waals surface area (Å²) >= 11 is 8.87. The van der Waals surface area contributed by atoms with Crippen LogP contribution in [0.4, 0.5) is 10.1 Å².